The van der Waals surface area contributed by atoms with E-state index in [1.807, 2.05) is 6.33 Å². The molecule has 1 aliphatic heterocycles. The minimum atomic E-state index is 0.281. The number of nitrogens with zero attached hydrogens (tertiary/aromatic N) is 2. The van der Waals surface area contributed by atoms with Crippen molar-refractivity contribution in [2.24, 2.45) is 11.3 Å². The lowest BCUT2D eigenvalue weighted by molar-refractivity contribution is 0.144. The van der Waals surface area contributed by atoms with Crippen molar-refractivity contribution < 1.29 is 0 Å². The van der Waals surface area contributed by atoms with Crippen LogP contribution in [-0.2, 0) is 6.54 Å². The number of rotatable bonds is 4. The van der Waals surface area contributed by atoms with Gasteiger partial charge in [0, 0.05) is 17.5 Å². The average molecular weight is 318 g/mol. The Bertz CT molecular complexity index is 769. The van der Waals surface area contributed by atoms with E-state index in [-0.39, 0.29) is 5.41 Å². The molecule has 0 unspecified atom stereocenters. The molecule has 4 rings (SSSR count). The highest BCUT2D eigenvalue weighted by Gasteiger charge is 2.42. The first kappa shape index (κ1) is 15.4. The minimum absolute atomic E-state index is 0.281. The molecule has 0 bridgehead atoms. The standard InChI is InChI=1S/C22H26N2/c1-3-4-11-18-12-8-13-19-14-20-21(17-9-6-5-7-10-17)23-16-24(20)15-22(18,19)2/h3,5-7,9-10,14,16,18H,1,4,8,11-13,15H2,2H3/t18-,22+/m0/s1. The Balaban J connectivity index is 1.73. The molecule has 1 aliphatic carbocycles. The van der Waals surface area contributed by atoms with E-state index in [4.69, 9.17) is 4.98 Å². The molecule has 2 aliphatic rings. The summed E-state index contributed by atoms with van der Waals surface area (Å²) in [5.74, 6) is 0.756. The van der Waals surface area contributed by atoms with Crippen LogP contribution in [0.2, 0.25) is 0 Å². The van der Waals surface area contributed by atoms with Crippen molar-refractivity contribution in [2.45, 2.75) is 45.6 Å². The fraction of sp³-hybridized carbons (Fsp3) is 0.409. The maximum atomic E-state index is 4.75. The highest BCUT2D eigenvalue weighted by atomic mass is 15.1. The fourth-order valence-corrected chi connectivity index (χ4v) is 4.66. The molecule has 0 amide bonds. The number of imidazole rings is 1. The molecular formula is C22H26N2. The maximum absolute atomic E-state index is 4.75. The van der Waals surface area contributed by atoms with E-state index in [0.717, 1.165) is 24.6 Å². The highest BCUT2D eigenvalue weighted by Crippen LogP contribution is 2.51. The molecule has 124 valence electrons. The van der Waals surface area contributed by atoms with Crippen LogP contribution in [0.25, 0.3) is 17.3 Å². The summed E-state index contributed by atoms with van der Waals surface area (Å²) in [5.41, 5.74) is 5.54. The van der Waals surface area contributed by atoms with Gasteiger partial charge in [-0.25, -0.2) is 4.98 Å². The predicted octanol–water partition coefficient (Wildman–Crippen LogP) is 5.72. The third kappa shape index (κ3) is 2.45. The van der Waals surface area contributed by atoms with Gasteiger partial charge in [-0.2, -0.15) is 0 Å². The Morgan fingerprint density at radius 3 is 2.96 bits per heavy atom. The molecule has 1 fully saturated rings. The van der Waals surface area contributed by atoms with Gasteiger partial charge in [-0.05, 0) is 44.1 Å². The van der Waals surface area contributed by atoms with Gasteiger partial charge in [0.2, 0.25) is 0 Å². The van der Waals surface area contributed by atoms with Crippen LogP contribution in [-0.4, -0.2) is 9.55 Å². The van der Waals surface area contributed by atoms with E-state index in [1.54, 1.807) is 5.57 Å². The van der Waals surface area contributed by atoms with Crippen molar-refractivity contribution in [3.8, 4) is 11.3 Å². The molecule has 2 heterocycles. The van der Waals surface area contributed by atoms with E-state index in [0.29, 0.717) is 0 Å². The molecule has 1 aromatic heterocycles. The lowest BCUT2D eigenvalue weighted by Crippen LogP contribution is -2.39. The van der Waals surface area contributed by atoms with Crippen LogP contribution in [0.3, 0.4) is 0 Å². The first-order chi connectivity index (χ1) is 11.7. The molecular weight excluding hydrogens is 292 g/mol. The van der Waals surface area contributed by atoms with Crippen molar-refractivity contribution in [1.82, 2.24) is 9.55 Å². The number of hydrogen-bond donors (Lipinski definition) is 0. The molecule has 1 aromatic carbocycles. The summed E-state index contributed by atoms with van der Waals surface area (Å²) in [4.78, 5) is 4.75. The van der Waals surface area contributed by atoms with Crippen molar-refractivity contribution in [2.75, 3.05) is 0 Å². The molecule has 0 saturated heterocycles. The van der Waals surface area contributed by atoms with Gasteiger partial charge >= 0.3 is 0 Å². The van der Waals surface area contributed by atoms with Crippen molar-refractivity contribution in [1.29, 1.82) is 0 Å². The van der Waals surface area contributed by atoms with E-state index < -0.39 is 0 Å². The van der Waals surface area contributed by atoms with E-state index in [1.165, 1.54) is 36.9 Å². The first-order valence-electron chi connectivity index (χ1n) is 9.15. The summed E-state index contributed by atoms with van der Waals surface area (Å²) in [6.45, 7) is 7.45. The van der Waals surface area contributed by atoms with Gasteiger partial charge in [0.05, 0.1) is 17.7 Å². The first-order valence-corrected chi connectivity index (χ1v) is 9.15. The monoisotopic (exact) mass is 318 g/mol. The van der Waals surface area contributed by atoms with Crippen LogP contribution >= 0.6 is 0 Å². The summed E-state index contributed by atoms with van der Waals surface area (Å²) in [6, 6.07) is 10.6. The Labute approximate surface area is 144 Å². The van der Waals surface area contributed by atoms with Crippen LogP contribution in [0.1, 0.15) is 44.7 Å². The zero-order chi connectivity index (χ0) is 16.6. The van der Waals surface area contributed by atoms with Gasteiger partial charge in [0.25, 0.3) is 0 Å². The molecule has 0 spiro atoms. The quantitative estimate of drug-likeness (QED) is 0.659. The summed E-state index contributed by atoms with van der Waals surface area (Å²) in [5, 5.41) is 0. The smallest absolute Gasteiger partial charge is 0.0958 e. The Kier molecular flexibility index (Phi) is 3.91. The molecule has 0 N–H and O–H groups in total. The Morgan fingerprint density at radius 1 is 1.33 bits per heavy atom. The second kappa shape index (κ2) is 6.08. The minimum Gasteiger partial charge on any atom is -0.330 e. The lowest BCUT2D eigenvalue weighted by atomic mass is 9.61. The number of allylic oxidation sites excluding steroid dienone is 2. The van der Waals surface area contributed by atoms with Crippen LogP contribution in [0.4, 0.5) is 0 Å². The third-order valence-electron chi connectivity index (χ3n) is 6.09. The summed E-state index contributed by atoms with van der Waals surface area (Å²) in [7, 11) is 0. The molecule has 2 heteroatoms. The van der Waals surface area contributed by atoms with Gasteiger partial charge in [0.1, 0.15) is 0 Å². The van der Waals surface area contributed by atoms with Crippen molar-refractivity contribution in [3.63, 3.8) is 0 Å². The third-order valence-corrected chi connectivity index (χ3v) is 6.09. The van der Waals surface area contributed by atoms with Crippen LogP contribution in [0.15, 0.2) is 54.9 Å². The fourth-order valence-electron chi connectivity index (χ4n) is 4.66. The van der Waals surface area contributed by atoms with Crippen LogP contribution in [0.5, 0.6) is 0 Å². The normalized spacial score (nSPS) is 25.5. The van der Waals surface area contributed by atoms with Crippen molar-refractivity contribution in [3.05, 3.63) is 60.6 Å². The van der Waals surface area contributed by atoms with Crippen LogP contribution in [0, 0.1) is 11.3 Å². The second-order valence-electron chi connectivity index (χ2n) is 7.51. The molecule has 1 saturated carbocycles. The van der Waals surface area contributed by atoms with Crippen LogP contribution < -0.4 is 0 Å². The highest BCUT2D eigenvalue weighted by molar-refractivity contribution is 5.72. The van der Waals surface area contributed by atoms with E-state index in [2.05, 4.69) is 60.6 Å². The molecule has 24 heavy (non-hydrogen) atoms. The van der Waals surface area contributed by atoms with E-state index in [9.17, 15) is 0 Å². The zero-order valence-electron chi connectivity index (χ0n) is 14.5. The molecule has 2 nitrogen and oxygen atoms in total. The average Bonchev–Trinajstić information content (AvgIpc) is 3.00. The van der Waals surface area contributed by atoms with Gasteiger partial charge in [-0.1, -0.05) is 48.9 Å². The topological polar surface area (TPSA) is 17.8 Å². The number of fused-ring (bicyclic) bond motifs is 2. The Hall–Kier alpha value is -2.09. The number of hydrogen-bond acceptors (Lipinski definition) is 1. The van der Waals surface area contributed by atoms with Crippen molar-refractivity contribution >= 4 is 6.08 Å². The van der Waals surface area contributed by atoms with Gasteiger partial charge in [-0.15, -0.1) is 6.58 Å². The molecule has 0 radical (unpaired) electrons. The largest absolute Gasteiger partial charge is 0.330 e. The Morgan fingerprint density at radius 2 is 2.17 bits per heavy atom. The van der Waals surface area contributed by atoms with E-state index >= 15 is 0 Å². The molecule has 2 aromatic rings. The molecule has 2 atom stereocenters. The summed E-state index contributed by atoms with van der Waals surface area (Å²) < 4.78 is 2.37. The van der Waals surface area contributed by atoms with Gasteiger partial charge in [0.15, 0.2) is 0 Å². The SMILES string of the molecule is C=CCC[C@H]1CCCC2=Cc3c(-c4ccccc4)ncn3C[C@@]21C. The maximum Gasteiger partial charge on any atom is 0.0958 e. The lowest BCUT2D eigenvalue weighted by Gasteiger charge is -2.46. The van der Waals surface area contributed by atoms with Gasteiger partial charge in [-0.3, -0.25) is 0 Å². The zero-order valence-corrected chi connectivity index (χ0v) is 14.5. The van der Waals surface area contributed by atoms with Gasteiger partial charge < -0.3 is 4.57 Å². The number of aromatic nitrogens is 2. The second-order valence-corrected chi connectivity index (χ2v) is 7.51. The summed E-state index contributed by atoms with van der Waals surface area (Å²) in [6.07, 6.45) is 12.8. The predicted molar refractivity (Wildman–Crippen MR) is 101 cm³/mol. The summed E-state index contributed by atoms with van der Waals surface area (Å²) >= 11 is 0. The number of benzene rings is 1.